The average molecular weight is 474 g/mol. The van der Waals surface area contributed by atoms with Crippen LogP contribution >= 0.6 is 0 Å². The zero-order valence-corrected chi connectivity index (χ0v) is 18.0. The Morgan fingerprint density at radius 3 is 2.19 bits per heavy atom. The number of hydrogen-bond donors (Lipinski definition) is 0. The summed E-state index contributed by atoms with van der Waals surface area (Å²) in [6.07, 6.45) is 0.252. The summed E-state index contributed by atoms with van der Waals surface area (Å²) in [6.45, 7) is 3.51. The van der Waals surface area contributed by atoms with E-state index in [2.05, 4.69) is 8.92 Å². The van der Waals surface area contributed by atoms with Crippen molar-refractivity contribution in [2.24, 2.45) is 5.41 Å². The van der Waals surface area contributed by atoms with Crippen LogP contribution in [0.25, 0.3) is 11.1 Å². The van der Waals surface area contributed by atoms with Crippen molar-refractivity contribution in [3.8, 4) is 16.9 Å². The van der Waals surface area contributed by atoms with Crippen LogP contribution in [-0.4, -0.2) is 32.8 Å². The molecule has 0 saturated carbocycles. The van der Waals surface area contributed by atoms with E-state index in [-0.39, 0.29) is 35.1 Å². The molecule has 3 rings (SSSR count). The van der Waals surface area contributed by atoms with Gasteiger partial charge in [0.05, 0.1) is 7.11 Å². The number of ether oxygens (including phenoxy) is 1. The van der Waals surface area contributed by atoms with E-state index in [0.29, 0.717) is 0 Å². The van der Waals surface area contributed by atoms with E-state index in [4.69, 9.17) is 0 Å². The normalized spacial score (nSPS) is 15.8. The summed E-state index contributed by atoms with van der Waals surface area (Å²) in [4.78, 5) is 25.6. The monoisotopic (exact) mass is 474 g/mol. The Bertz CT molecular complexity index is 1200. The molecule has 0 atom stereocenters. The molecule has 0 bridgehead atoms. The summed E-state index contributed by atoms with van der Waals surface area (Å²) in [5.41, 5.74) is -6.89. The smallest absolute Gasteiger partial charge is 0.465 e. The highest BCUT2D eigenvalue weighted by molar-refractivity contribution is 7.88. The molecule has 32 heavy (non-hydrogen) atoms. The molecular formula is C21H18F4O6S. The van der Waals surface area contributed by atoms with Crippen LogP contribution in [0.15, 0.2) is 30.3 Å². The summed E-state index contributed by atoms with van der Waals surface area (Å²) < 4.78 is 84.9. The molecule has 0 saturated heterocycles. The van der Waals surface area contributed by atoms with Gasteiger partial charge in [0, 0.05) is 17.5 Å². The van der Waals surface area contributed by atoms with E-state index in [9.17, 15) is 35.6 Å². The molecule has 2 aromatic carbocycles. The van der Waals surface area contributed by atoms with Crippen LogP contribution in [-0.2, 0) is 21.3 Å². The molecule has 0 heterocycles. The number of carbonyl (C=O) groups is 2. The zero-order chi connectivity index (χ0) is 24.1. The number of carbonyl (C=O) groups excluding carboxylic acids is 2. The first-order valence-electron chi connectivity index (χ1n) is 9.25. The lowest BCUT2D eigenvalue weighted by molar-refractivity contribution is -0.0500. The number of methoxy groups -OCH3 is 1. The zero-order valence-electron chi connectivity index (χ0n) is 17.2. The minimum atomic E-state index is -6.14. The molecule has 1 aliphatic carbocycles. The van der Waals surface area contributed by atoms with E-state index < -0.39 is 49.9 Å². The van der Waals surface area contributed by atoms with Crippen LogP contribution in [0.2, 0.25) is 0 Å². The maximum atomic E-state index is 13.5. The van der Waals surface area contributed by atoms with Gasteiger partial charge in [-0.25, -0.2) is 9.18 Å². The first kappa shape index (κ1) is 23.7. The molecule has 0 radical (unpaired) electrons. The fourth-order valence-corrected chi connectivity index (χ4v) is 4.17. The predicted octanol–water partition coefficient (Wildman–Crippen LogP) is 4.66. The molecule has 11 heteroatoms. The van der Waals surface area contributed by atoms with Gasteiger partial charge in [0.25, 0.3) is 0 Å². The lowest BCUT2D eigenvalue weighted by Gasteiger charge is -2.32. The molecule has 0 spiro atoms. The minimum absolute atomic E-state index is 0.0214. The number of benzene rings is 2. The van der Waals surface area contributed by atoms with Crippen LogP contribution < -0.4 is 4.18 Å². The number of rotatable bonds is 4. The summed E-state index contributed by atoms with van der Waals surface area (Å²) in [7, 11) is -5.21. The first-order chi connectivity index (χ1) is 14.7. The molecular weight excluding hydrogens is 456 g/mol. The van der Waals surface area contributed by atoms with Crippen LogP contribution in [0.4, 0.5) is 17.6 Å². The topological polar surface area (TPSA) is 86.7 Å². The standard InChI is InChI=1S/C21H18F4O6S/c1-20(2)9-12-8-15(31-32(28,29)21(23,24)25)18(19(27)30-3)17(16(12)14(26)10-20)11-4-6-13(22)7-5-11/h4-8H,9-10H2,1-3H3. The van der Waals surface area contributed by atoms with Crippen molar-refractivity contribution in [2.45, 2.75) is 32.2 Å². The van der Waals surface area contributed by atoms with Crippen LogP contribution in [0.5, 0.6) is 5.75 Å². The van der Waals surface area contributed by atoms with Crippen LogP contribution in [0.1, 0.15) is 46.5 Å². The van der Waals surface area contributed by atoms with Crippen LogP contribution in [0.3, 0.4) is 0 Å². The van der Waals surface area contributed by atoms with Gasteiger partial charge in [0.15, 0.2) is 11.5 Å². The van der Waals surface area contributed by atoms with Gasteiger partial charge in [0.1, 0.15) is 11.4 Å². The highest BCUT2D eigenvalue weighted by Crippen LogP contribution is 2.45. The molecule has 0 N–H and O–H groups in total. The number of halogens is 4. The molecule has 2 aromatic rings. The van der Waals surface area contributed by atoms with Crippen molar-refractivity contribution in [2.75, 3.05) is 7.11 Å². The fourth-order valence-electron chi connectivity index (χ4n) is 3.71. The van der Waals surface area contributed by atoms with Crippen molar-refractivity contribution in [3.05, 3.63) is 52.8 Å². The lowest BCUT2D eigenvalue weighted by atomic mass is 9.71. The second-order valence-corrected chi connectivity index (χ2v) is 9.62. The molecule has 0 unspecified atom stereocenters. The second kappa shape index (κ2) is 7.88. The third-order valence-electron chi connectivity index (χ3n) is 4.97. The Labute approximate surface area is 181 Å². The quantitative estimate of drug-likeness (QED) is 0.277. The number of esters is 1. The minimum Gasteiger partial charge on any atom is -0.465 e. The maximum Gasteiger partial charge on any atom is 0.534 e. The molecule has 0 aromatic heterocycles. The van der Waals surface area contributed by atoms with Gasteiger partial charge in [-0.3, -0.25) is 4.79 Å². The van der Waals surface area contributed by atoms with Gasteiger partial charge in [0.2, 0.25) is 0 Å². The SMILES string of the molecule is COC(=O)c1c(OS(=O)(=O)C(F)(F)F)cc2c(c1-c1ccc(F)cc1)C(=O)CC(C)(C)C2. The van der Waals surface area contributed by atoms with Gasteiger partial charge < -0.3 is 8.92 Å². The lowest BCUT2D eigenvalue weighted by Crippen LogP contribution is -2.31. The largest absolute Gasteiger partial charge is 0.534 e. The molecule has 172 valence electrons. The van der Waals surface area contributed by atoms with E-state index >= 15 is 0 Å². The van der Waals surface area contributed by atoms with Crippen molar-refractivity contribution < 1.29 is 44.5 Å². The molecule has 6 nitrogen and oxygen atoms in total. The Morgan fingerprint density at radius 2 is 1.66 bits per heavy atom. The summed E-state index contributed by atoms with van der Waals surface area (Å²) in [5.74, 6) is -3.21. The van der Waals surface area contributed by atoms with Gasteiger partial charge in [-0.1, -0.05) is 26.0 Å². The Morgan fingerprint density at radius 1 is 1.06 bits per heavy atom. The van der Waals surface area contributed by atoms with Crippen LogP contribution in [0, 0.1) is 11.2 Å². The van der Waals surface area contributed by atoms with Crippen molar-refractivity contribution in [1.82, 2.24) is 0 Å². The maximum absolute atomic E-state index is 13.5. The molecule has 0 aliphatic heterocycles. The molecule has 0 amide bonds. The number of fused-ring (bicyclic) bond motifs is 1. The van der Waals surface area contributed by atoms with Crippen molar-refractivity contribution >= 4 is 21.9 Å². The van der Waals surface area contributed by atoms with E-state index in [1.807, 2.05) is 0 Å². The van der Waals surface area contributed by atoms with Gasteiger partial charge >= 0.3 is 21.6 Å². The Hall–Kier alpha value is -2.95. The average Bonchev–Trinajstić information content (AvgIpc) is 2.65. The third kappa shape index (κ3) is 4.34. The third-order valence-corrected chi connectivity index (χ3v) is 5.93. The Balaban J connectivity index is 2.43. The first-order valence-corrected chi connectivity index (χ1v) is 10.7. The summed E-state index contributed by atoms with van der Waals surface area (Å²) >= 11 is 0. The number of ketones is 1. The highest BCUT2D eigenvalue weighted by atomic mass is 32.2. The van der Waals surface area contributed by atoms with E-state index in [0.717, 1.165) is 25.3 Å². The number of hydrogen-bond acceptors (Lipinski definition) is 6. The number of alkyl halides is 3. The second-order valence-electron chi connectivity index (χ2n) is 8.08. The Kier molecular flexibility index (Phi) is 5.83. The van der Waals surface area contributed by atoms with E-state index in [1.165, 1.54) is 12.1 Å². The van der Waals surface area contributed by atoms with Crippen molar-refractivity contribution in [3.63, 3.8) is 0 Å². The predicted molar refractivity (Wildman–Crippen MR) is 105 cm³/mol. The summed E-state index contributed by atoms with van der Waals surface area (Å²) in [6, 6.07) is 5.43. The highest BCUT2D eigenvalue weighted by Gasteiger charge is 2.49. The fraction of sp³-hybridized carbons (Fsp3) is 0.333. The van der Waals surface area contributed by atoms with E-state index in [1.54, 1.807) is 13.8 Å². The number of Topliss-reactive ketones (excluding diaryl/α,β-unsaturated/α-hetero) is 1. The van der Waals surface area contributed by atoms with Gasteiger partial charge in [-0.15, -0.1) is 0 Å². The molecule has 1 aliphatic rings. The van der Waals surface area contributed by atoms with Crippen molar-refractivity contribution in [1.29, 1.82) is 0 Å². The summed E-state index contributed by atoms with van der Waals surface area (Å²) in [5, 5.41) is 0. The molecule has 0 fully saturated rings. The van der Waals surface area contributed by atoms with Gasteiger partial charge in [-0.05, 0) is 41.2 Å². The van der Waals surface area contributed by atoms with Gasteiger partial charge in [-0.2, -0.15) is 21.6 Å².